The minimum absolute atomic E-state index is 0.244. The predicted octanol–water partition coefficient (Wildman–Crippen LogP) is 5.35. The Bertz CT molecular complexity index is 996. The molecule has 0 N–H and O–H groups in total. The lowest BCUT2D eigenvalue weighted by Crippen LogP contribution is -2.48. The van der Waals surface area contributed by atoms with Crippen LogP contribution in [0.4, 0.5) is 0 Å². The number of amides is 1. The van der Waals surface area contributed by atoms with E-state index in [9.17, 15) is 4.79 Å². The molecule has 4 fully saturated rings. The highest BCUT2D eigenvalue weighted by molar-refractivity contribution is 5.88. The lowest BCUT2D eigenvalue weighted by atomic mass is 9.48. The Hall–Kier alpha value is -1.77. The molecule has 1 aromatic carbocycles. The summed E-state index contributed by atoms with van der Waals surface area (Å²) in [4.78, 5) is 14.4. The number of aryl methyl sites for hydroxylation is 1. The van der Waals surface area contributed by atoms with Crippen molar-refractivity contribution in [2.24, 2.45) is 17.8 Å². The lowest BCUT2D eigenvalue weighted by molar-refractivity contribution is -0.132. The Kier molecular flexibility index (Phi) is 3.32. The summed E-state index contributed by atoms with van der Waals surface area (Å²) in [6, 6.07) is 7.86. The van der Waals surface area contributed by atoms with Crippen LogP contribution in [0.1, 0.15) is 81.2 Å². The average Bonchev–Trinajstić information content (AvgIpc) is 3.02. The summed E-state index contributed by atoms with van der Waals surface area (Å²) in [6.45, 7) is 3.57. The van der Waals surface area contributed by atoms with Crippen LogP contribution in [-0.2, 0) is 23.2 Å². The Morgan fingerprint density at radius 1 is 1.03 bits per heavy atom. The first-order valence-corrected chi connectivity index (χ1v) is 12.0. The van der Waals surface area contributed by atoms with E-state index in [1.807, 2.05) is 0 Å². The summed E-state index contributed by atoms with van der Waals surface area (Å²) >= 11 is 0. The Balaban J connectivity index is 1.38. The molecule has 1 amide bonds. The Labute approximate surface area is 173 Å². The van der Waals surface area contributed by atoms with Crippen LogP contribution >= 0.6 is 0 Å². The number of carbonyl (C=O) groups excluding carboxylic acids is 1. The summed E-state index contributed by atoms with van der Waals surface area (Å²) in [5, 5.41) is 1.52. The molecule has 5 aliphatic carbocycles. The summed E-state index contributed by atoms with van der Waals surface area (Å²) < 4.78 is 2.57. The van der Waals surface area contributed by atoms with E-state index < -0.39 is 0 Å². The third kappa shape index (κ3) is 2.22. The molecule has 4 saturated carbocycles. The molecular formula is C26H32N2O. The molecule has 2 aromatic rings. The monoisotopic (exact) mass is 388 g/mol. The first-order valence-electron chi connectivity index (χ1n) is 12.0. The fourth-order valence-electron chi connectivity index (χ4n) is 8.78. The van der Waals surface area contributed by atoms with Crippen LogP contribution in [0.2, 0.25) is 0 Å². The molecule has 1 aliphatic heterocycles. The molecule has 1 atom stereocenters. The van der Waals surface area contributed by atoms with Gasteiger partial charge in [0.1, 0.15) is 0 Å². The van der Waals surface area contributed by atoms with Gasteiger partial charge in [0.2, 0.25) is 5.91 Å². The van der Waals surface area contributed by atoms with E-state index >= 15 is 0 Å². The third-order valence-electron chi connectivity index (χ3n) is 9.43. The van der Waals surface area contributed by atoms with Crippen molar-refractivity contribution < 1.29 is 4.79 Å². The zero-order chi connectivity index (χ0) is 19.3. The largest absolute Gasteiger partial charge is 0.341 e. The number of aromatic nitrogens is 1. The Morgan fingerprint density at radius 3 is 2.45 bits per heavy atom. The van der Waals surface area contributed by atoms with Crippen molar-refractivity contribution in [2.45, 2.75) is 82.7 Å². The number of nitrogens with zero attached hydrogens (tertiary/aromatic N) is 2. The second-order valence-corrected chi connectivity index (χ2v) is 11.1. The summed E-state index contributed by atoms with van der Waals surface area (Å²) in [5.74, 6) is 3.22. The quantitative estimate of drug-likeness (QED) is 0.646. The van der Waals surface area contributed by atoms with Crippen LogP contribution in [0, 0.1) is 17.8 Å². The molecule has 0 spiro atoms. The van der Waals surface area contributed by atoms with Gasteiger partial charge in [-0.25, -0.2) is 0 Å². The second-order valence-electron chi connectivity index (χ2n) is 11.1. The van der Waals surface area contributed by atoms with E-state index in [2.05, 4.69) is 27.7 Å². The molecular weight excluding hydrogens is 356 g/mol. The maximum atomic E-state index is 12.3. The Morgan fingerprint density at radius 2 is 1.76 bits per heavy atom. The van der Waals surface area contributed by atoms with Crippen molar-refractivity contribution in [2.75, 3.05) is 6.54 Å². The van der Waals surface area contributed by atoms with Gasteiger partial charge >= 0.3 is 0 Å². The van der Waals surface area contributed by atoms with Crippen molar-refractivity contribution >= 4 is 16.8 Å². The average molecular weight is 389 g/mol. The fourth-order valence-corrected chi connectivity index (χ4v) is 8.78. The van der Waals surface area contributed by atoms with Crippen molar-refractivity contribution in [3.63, 3.8) is 0 Å². The second kappa shape index (κ2) is 5.68. The smallest absolute Gasteiger partial charge is 0.220 e. The van der Waals surface area contributed by atoms with E-state index in [0.717, 1.165) is 37.3 Å². The molecule has 8 rings (SSSR count). The van der Waals surface area contributed by atoms with Gasteiger partial charge in [-0.15, -0.1) is 0 Å². The molecule has 1 aromatic heterocycles. The van der Waals surface area contributed by atoms with E-state index in [1.165, 1.54) is 68.0 Å². The van der Waals surface area contributed by atoms with Gasteiger partial charge in [-0.05, 0) is 104 Å². The van der Waals surface area contributed by atoms with Crippen LogP contribution in [-0.4, -0.2) is 21.9 Å². The molecule has 2 heterocycles. The van der Waals surface area contributed by atoms with Gasteiger partial charge in [-0.1, -0.05) is 6.07 Å². The van der Waals surface area contributed by atoms with E-state index in [0.29, 0.717) is 11.5 Å². The minimum atomic E-state index is 0.244. The third-order valence-corrected chi connectivity index (χ3v) is 9.43. The van der Waals surface area contributed by atoms with Crippen LogP contribution in [0.15, 0.2) is 18.2 Å². The van der Waals surface area contributed by atoms with Gasteiger partial charge in [0.05, 0.1) is 6.04 Å². The van der Waals surface area contributed by atoms with Gasteiger partial charge in [0, 0.05) is 36.6 Å². The van der Waals surface area contributed by atoms with Gasteiger partial charge in [0.15, 0.2) is 0 Å². The van der Waals surface area contributed by atoms with Crippen molar-refractivity contribution in [3.05, 3.63) is 35.0 Å². The van der Waals surface area contributed by atoms with Crippen molar-refractivity contribution in [3.8, 4) is 0 Å². The first kappa shape index (κ1) is 17.0. The van der Waals surface area contributed by atoms with E-state index in [-0.39, 0.29) is 5.91 Å². The number of hydrogen-bond donors (Lipinski definition) is 0. The molecule has 3 nitrogen and oxygen atoms in total. The van der Waals surface area contributed by atoms with Gasteiger partial charge in [-0.2, -0.15) is 0 Å². The lowest BCUT2D eigenvalue weighted by Gasteiger charge is -2.57. The van der Waals surface area contributed by atoms with Crippen LogP contribution in [0.5, 0.6) is 0 Å². The molecule has 0 saturated heterocycles. The molecule has 6 aliphatic rings. The number of rotatable bonds is 1. The number of carbonyl (C=O) groups is 1. The molecule has 152 valence electrons. The maximum absolute atomic E-state index is 12.3. The molecule has 4 bridgehead atoms. The topological polar surface area (TPSA) is 25.2 Å². The summed E-state index contributed by atoms with van der Waals surface area (Å²) in [6.07, 6.45) is 12.4. The minimum Gasteiger partial charge on any atom is -0.341 e. The SMILES string of the molecule is CC(=O)N1CCn2c3c(c4cc(C56CC7CC(CC(C7)C5)C6)ccc42)CCC[C@H]31. The van der Waals surface area contributed by atoms with Crippen LogP contribution < -0.4 is 0 Å². The predicted molar refractivity (Wildman–Crippen MR) is 115 cm³/mol. The van der Waals surface area contributed by atoms with Crippen molar-refractivity contribution in [1.82, 2.24) is 9.47 Å². The molecule has 3 heteroatoms. The highest BCUT2D eigenvalue weighted by Gasteiger charge is 2.51. The normalized spacial score (nSPS) is 37.2. The summed E-state index contributed by atoms with van der Waals surface area (Å²) in [5.41, 5.74) is 6.58. The highest BCUT2D eigenvalue weighted by atomic mass is 16.2. The molecule has 0 radical (unpaired) electrons. The van der Waals surface area contributed by atoms with E-state index in [4.69, 9.17) is 0 Å². The highest BCUT2D eigenvalue weighted by Crippen LogP contribution is 2.61. The van der Waals surface area contributed by atoms with Gasteiger partial charge in [0.25, 0.3) is 0 Å². The first-order chi connectivity index (χ1) is 14.1. The molecule has 29 heavy (non-hydrogen) atoms. The zero-order valence-electron chi connectivity index (χ0n) is 17.6. The van der Waals surface area contributed by atoms with Crippen LogP contribution in [0.3, 0.4) is 0 Å². The number of fused-ring (bicyclic) bond motifs is 3. The standard InChI is InChI=1S/C26H32N2O/c1-16(29)27-7-8-28-23-6-5-20(12-22(23)21-3-2-4-24(27)25(21)28)26-13-17-9-18(14-26)11-19(10-17)15-26/h5-6,12,17-19,24H,2-4,7-11,13-15H2,1H3/t17?,18?,19?,24-,26?/m1/s1. The fraction of sp³-hybridized carbons (Fsp3) is 0.654. The van der Waals surface area contributed by atoms with Gasteiger partial charge < -0.3 is 9.47 Å². The van der Waals surface area contributed by atoms with Crippen LogP contribution in [0.25, 0.3) is 10.9 Å². The van der Waals surface area contributed by atoms with Crippen molar-refractivity contribution in [1.29, 1.82) is 0 Å². The summed E-state index contributed by atoms with van der Waals surface area (Å²) in [7, 11) is 0. The number of benzene rings is 1. The van der Waals surface area contributed by atoms with Gasteiger partial charge in [-0.3, -0.25) is 4.79 Å². The number of hydrogen-bond acceptors (Lipinski definition) is 1. The molecule has 0 unspecified atom stereocenters. The zero-order valence-corrected chi connectivity index (χ0v) is 17.6. The van der Waals surface area contributed by atoms with E-state index in [1.54, 1.807) is 18.1 Å². The maximum Gasteiger partial charge on any atom is 0.220 e.